The molecule has 0 unspecified atom stereocenters. The first-order valence-corrected chi connectivity index (χ1v) is 8.00. The topological polar surface area (TPSA) is 64.2 Å². The van der Waals surface area contributed by atoms with Gasteiger partial charge in [0.1, 0.15) is 11.3 Å². The van der Waals surface area contributed by atoms with Gasteiger partial charge in [0.2, 0.25) is 0 Å². The van der Waals surface area contributed by atoms with Gasteiger partial charge in [-0.3, -0.25) is 9.36 Å². The van der Waals surface area contributed by atoms with Gasteiger partial charge in [0.25, 0.3) is 11.6 Å². The second-order valence-electron chi connectivity index (χ2n) is 6.11. The van der Waals surface area contributed by atoms with Gasteiger partial charge in [-0.15, -0.1) is 0 Å². The van der Waals surface area contributed by atoms with Gasteiger partial charge in [-0.05, 0) is 30.9 Å². The molecule has 1 aliphatic rings. The molecule has 1 aliphatic heterocycles. The number of halogens is 1. The molecule has 0 saturated carbocycles. The maximum atomic E-state index is 13.2. The minimum absolute atomic E-state index is 0.0200. The van der Waals surface area contributed by atoms with Crippen molar-refractivity contribution in [1.29, 1.82) is 0 Å². The molecule has 4 rings (SSSR count). The Morgan fingerprint density at radius 3 is 2.88 bits per heavy atom. The van der Waals surface area contributed by atoms with Crippen LogP contribution in [0.2, 0.25) is 0 Å². The lowest BCUT2D eigenvalue weighted by Gasteiger charge is -2.30. The number of benzene rings is 1. The SMILES string of the molecule is O=c1ccncn1CC1CCN(c2nc3ccc(F)cc3o2)CC1. The van der Waals surface area contributed by atoms with E-state index >= 15 is 0 Å². The van der Waals surface area contributed by atoms with Gasteiger partial charge in [0.15, 0.2) is 5.58 Å². The Kier molecular flexibility index (Phi) is 3.76. The van der Waals surface area contributed by atoms with Crippen LogP contribution in [0.4, 0.5) is 10.4 Å². The van der Waals surface area contributed by atoms with E-state index in [0.717, 1.165) is 25.9 Å². The van der Waals surface area contributed by atoms with Crippen molar-refractivity contribution in [3.05, 3.63) is 53.0 Å². The molecule has 1 saturated heterocycles. The van der Waals surface area contributed by atoms with Crippen LogP contribution in [-0.4, -0.2) is 27.6 Å². The van der Waals surface area contributed by atoms with E-state index in [9.17, 15) is 9.18 Å². The molecule has 1 fully saturated rings. The molecule has 0 atom stereocenters. The van der Waals surface area contributed by atoms with Crippen molar-refractivity contribution in [3.8, 4) is 0 Å². The molecule has 1 aromatic carbocycles. The van der Waals surface area contributed by atoms with Crippen molar-refractivity contribution in [2.45, 2.75) is 19.4 Å². The number of anilines is 1. The predicted octanol–water partition coefficient (Wildman–Crippen LogP) is 2.44. The summed E-state index contributed by atoms with van der Waals surface area (Å²) in [6.45, 7) is 2.28. The summed E-state index contributed by atoms with van der Waals surface area (Å²) >= 11 is 0. The zero-order valence-electron chi connectivity index (χ0n) is 13.1. The van der Waals surface area contributed by atoms with Gasteiger partial charge in [0.05, 0.1) is 6.33 Å². The summed E-state index contributed by atoms with van der Waals surface area (Å²) in [6.07, 6.45) is 4.98. The fourth-order valence-electron chi connectivity index (χ4n) is 3.12. The zero-order chi connectivity index (χ0) is 16.5. The average molecular weight is 328 g/mol. The fraction of sp³-hybridized carbons (Fsp3) is 0.353. The van der Waals surface area contributed by atoms with E-state index < -0.39 is 0 Å². The molecule has 124 valence electrons. The van der Waals surface area contributed by atoms with E-state index in [1.54, 1.807) is 17.0 Å². The second-order valence-corrected chi connectivity index (χ2v) is 6.11. The molecule has 24 heavy (non-hydrogen) atoms. The molecule has 3 heterocycles. The van der Waals surface area contributed by atoms with E-state index in [0.29, 0.717) is 29.6 Å². The third-order valence-corrected chi connectivity index (χ3v) is 4.47. The third-order valence-electron chi connectivity index (χ3n) is 4.47. The summed E-state index contributed by atoms with van der Waals surface area (Å²) in [6, 6.07) is 6.37. The van der Waals surface area contributed by atoms with Crippen molar-refractivity contribution in [1.82, 2.24) is 14.5 Å². The van der Waals surface area contributed by atoms with Gasteiger partial charge in [-0.2, -0.15) is 4.98 Å². The van der Waals surface area contributed by atoms with Crippen LogP contribution in [0, 0.1) is 11.7 Å². The molecular formula is C17H17FN4O2. The van der Waals surface area contributed by atoms with E-state index in [1.165, 1.54) is 24.4 Å². The number of hydrogen-bond acceptors (Lipinski definition) is 5. The fourth-order valence-corrected chi connectivity index (χ4v) is 3.12. The molecule has 0 bridgehead atoms. The van der Waals surface area contributed by atoms with Gasteiger partial charge < -0.3 is 9.32 Å². The number of piperidine rings is 1. The number of nitrogens with zero attached hydrogens (tertiary/aromatic N) is 4. The van der Waals surface area contributed by atoms with E-state index in [-0.39, 0.29) is 11.4 Å². The van der Waals surface area contributed by atoms with E-state index in [1.807, 2.05) is 0 Å². The molecule has 0 N–H and O–H groups in total. The first-order chi connectivity index (χ1) is 11.7. The standard InChI is InChI=1S/C17H17FN4O2/c18-13-1-2-14-15(9-13)24-17(20-14)21-7-4-12(5-8-21)10-22-11-19-6-3-16(22)23/h1-3,6,9,11-12H,4-5,7-8,10H2. The van der Waals surface area contributed by atoms with Crippen molar-refractivity contribution in [2.24, 2.45) is 5.92 Å². The molecule has 7 heteroatoms. The van der Waals surface area contributed by atoms with Gasteiger partial charge in [-0.25, -0.2) is 9.37 Å². The largest absolute Gasteiger partial charge is 0.423 e. The summed E-state index contributed by atoms with van der Waals surface area (Å²) in [5.74, 6) is 0.0933. The van der Waals surface area contributed by atoms with Crippen LogP contribution in [0.25, 0.3) is 11.1 Å². The Hall–Kier alpha value is -2.70. The van der Waals surface area contributed by atoms with Crippen LogP contribution in [-0.2, 0) is 6.54 Å². The monoisotopic (exact) mass is 328 g/mol. The predicted molar refractivity (Wildman–Crippen MR) is 87.4 cm³/mol. The van der Waals surface area contributed by atoms with Crippen molar-refractivity contribution >= 4 is 17.1 Å². The smallest absolute Gasteiger partial charge is 0.298 e. The van der Waals surface area contributed by atoms with E-state index in [4.69, 9.17) is 4.42 Å². The highest BCUT2D eigenvalue weighted by atomic mass is 19.1. The second kappa shape index (κ2) is 6.07. The van der Waals surface area contributed by atoms with Crippen LogP contribution < -0.4 is 10.5 Å². The number of aromatic nitrogens is 3. The summed E-state index contributed by atoms with van der Waals surface area (Å²) in [5.41, 5.74) is 1.11. The first-order valence-electron chi connectivity index (χ1n) is 8.00. The first kappa shape index (κ1) is 14.9. The quantitative estimate of drug-likeness (QED) is 0.739. The molecular weight excluding hydrogens is 311 g/mol. The number of rotatable bonds is 3. The van der Waals surface area contributed by atoms with Gasteiger partial charge >= 0.3 is 0 Å². The molecule has 0 spiro atoms. The summed E-state index contributed by atoms with van der Waals surface area (Å²) in [7, 11) is 0. The lowest BCUT2D eigenvalue weighted by Crippen LogP contribution is -2.36. The van der Waals surface area contributed by atoms with Crippen molar-refractivity contribution in [2.75, 3.05) is 18.0 Å². The third kappa shape index (κ3) is 2.89. The van der Waals surface area contributed by atoms with Crippen molar-refractivity contribution < 1.29 is 8.81 Å². The molecule has 0 radical (unpaired) electrons. The molecule has 3 aromatic rings. The number of fused-ring (bicyclic) bond motifs is 1. The van der Waals surface area contributed by atoms with E-state index in [2.05, 4.69) is 14.9 Å². The lowest BCUT2D eigenvalue weighted by molar-refractivity contribution is 0.342. The Morgan fingerprint density at radius 2 is 2.08 bits per heavy atom. The van der Waals surface area contributed by atoms with Crippen LogP contribution in [0.3, 0.4) is 0 Å². The molecule has 0 amide bonds. The lowest BCUT2D eigenvalue weighted by atomic mass is 9.97. The highest BCUT2D eigenvalue weighted by Crippen LogP contribution is 2.27. The summed E-state index contributed by atoms with van der Waals surface area (Å²) in [4.78, 5) is 22.3. The Labute approximate surface area is 137 Å². The zero-order valence-corrected chi connectivity index (χ0v) is 13.1. The molecule has 0 aliphatic carbocycles. The van der Waals surface area contributed by atoms with Crippen LogP contribution in [0.1, 0.15) is 12.8 Å². The van der Waals surface area contributed by atoms with Gasteiger partial charge in [0, 0.05) is 38.0 Å². The maximum Gasteiger partial charge on any atom is 0.298 e. The van der Waals surface area contributed by atoms with Crippen molar-refractivity contribution in [3.63, 3.8) is 0 Å². The maximum absolute atomic E-state index is 13.2. The Morgan fingerprint density at radius 1 is 1.25 bits per heavy atom. The highest BCUT2D eigenvalue weighted by molar-refractivity contribution is 5.74. The normalized spacial score (nSPS) is 16.0. The molecule has 6 nitrogen and oxygen atoms in total. The van der Waals surface area contributed by atoms with Crippen LogP contribution in [0.15, 0.2) is 46.0 Å². The van der Waals surface area contributed by atoms with Crippen LogP contribution >= 0.6 is 0 Å². The molecule has 2 aromatic heterocycles. The minimum Gasteiger partial charge on any atom is -0.423 e. The summed E-state index contributed by atoms with van der Waals surface area (Å²) < 4.78 is 20.6. The highest BCUT2D eigenvalue weighted by Gasteiger charge is 2.23. The van der Waals surface area contributed by atoms with Crippen LogP contribution in [0.5, 0.6) is 0 Å². The van der Waals surface area contributed by atoms with Gasteiger partial charge in [-0.1, -0.05) is 0 Å². The summed E-state index contributed by atoms with van der Waals surface area (Å²) in [5, 5.41) is 0. The number of hydrogen-bond donors (Lipinski definition) is 0. The Balaban J connectivity index is 1.43. The number of oxazole rings is 1. The average Bonchev–Trinajstić information content (AvgIpc) is 3.01. The Bertz CT molecular complexity index is 912. The minimum atomic E-state index is -0.328.